The van der Waals surface area contributed by atoms with Crippen LogP contribution in [0, 0.1) is 0 Å². The molecule has 26 heavy (non-hydrogen) atoms. The number of nitrogens with one attached hydrogen (secondary N) is 1. The SMILES string of the molecule is COc1cc(N)c(Cl)cc1C(=O)O[C@@H](C)C(=O)Nc1ncc(Cl)cc1Cl. The van der Waals surface area contributed by atoms with E-state index in [2.05, 4.69) is 10.3 Å². The van der Waals surface area contributed by atoms with Gasteiger partial charge in [0.15, 0.2) is 11.9 Å². The van der Waals surface area contributed by atoms with E-state index in [1.54, 1.807) is 0 Å². The predicted octanol–water partition coefficient (Wildman–Crippen LogP) is 3.82. The Balaban J connectivity index is 2.11. The fourth-order valence-electron chi connectivity index (χ4n) is 1.90. The summed E-state index contributed by atoms with van der Waals surface area (Å²) in [6, 6.07) is 4.12. The van der Waals surface area contributed by atoms with Gasteiger partial charge >= 0.3 is 5.97 Å². The lowest BCUT2D eigenvalue weighted by atomic mass is 10.2. The molecule has 0 radical (unpaired) electrons. The van der Waals surface area contributed by atoms with E-state index >= 15 is 0 Å². The molecule has 0 fully saturated rings. The summed E-state index contributed by atoms with van der Waals surface area (Å²) in [6.07, 6.45) is 0.179. The first-order valence-corrected chi connectivity index (χ1v) is 8.32. The minimum atomic E-state index is -1.14. The Morgan fingerprint density at radius 1 is 1.19 bits per heavy atom. The number of ether oxygens (including phenoxy) is 2. The molecule has 10 heteroatoms. The van der Waals surface area contributed by atoms with Gasteiger partial charge < -0.3 is 20.5 Å². The van der Waals surface area contributed by atoms with Gasteiger partial charge in [0.1, 0.15) is 11.3 Å². The number of nitrogens with zero attached hydrogens (tertiary/aromatic N) is 1. The maximum atomic E-state index is 12.3. The summed E-state index contributed by atoms with van der Waals surface area (Å²) >= 11 is 17.6. The number of esters is 1. The van der Waals surface area contributed by atoms with E-state index in [1.165, 1.54) is 38.4 Å². The summed E-state index contributed by atoms with van der Waals surface area (Å²) in [6.45, 7) is 1.39. The average Bonchev–Trinajstić information content (AvgIpc) is 2.59. The van der Waals surface area contributed by atoms with Gasteiger partial charge in [-0.25, -0.2) is 9.78 Å². The van der Waals surface area contributed by atoms with Crippen molar-refractivity contribution >= 4 is 58.2 Å². The lowest BCUT2D eigenvalue weighted by molar-refractivity contribution is -0.123. The number of hydrogen-bond donors (Lipinski definition) is 2. The summed E-state index contributed by atoms with van der Waals surface area (Å²) in [7, 11) is 1.36. The third-order valence-electron chi connectivity index (χ3n) is 3.24. The van der Waals surface area contributed by atoms with Crippen LogP contribution in [0.25, 0.3) is 0 Å². The number of nitrogen functional groups attached to an aromatic ring is 1. The lowest BCUT2D eigenvalue weighted by Crippen LogP contribution is -2.30. The Morgan fingerprint density at radius 2 is 1.88 bits per heavy atom. The van der Waals surface area contributed by atoms with E-state index in [1.807, 2.05) is 0 Å². The van der Waals surface area contributed by atoms with E-state index in [4.69, 9.17) is 50.0 Å². The van der Waals surface area contributed by atoms with Gasteiger partial charge in [0.05, 0.1) is 27.9 Å². The third kappa shape index (κ3) is 4.69. The molecule has 0 aliphatic heterocycles. The summed E-state index contributed by atoms with van der Waals surface area (Å²) in [4.78, 5) is 28.4. The van der Waals surface area contributed by atoms with Gasteiger partial charge in [-0.3, -0.25) is 4.79 Å². The summed E-state index contributed by atoms with van der Waals surface area (Å²) in [5.41, 5.74) is 5.95. The molecule has 7 nitrogen and oxygen atoms in total. The number of methoxy groups -OCH3 is 1. The highest BCUT2D eigenvalue weighted by Crippen LogP contribution is 2.29. The first-order chi connectivity index (χ1) is 12.2. The van der Waals surface area contributed by atoms with Crippen molar-refractivity contribution in [2.75, 3.05) is 18.2 Å². The molecule has 1 aromatic carbocycles. The number of pyridine rings is 1. The van der Waals surface area contributed by atoms with Crippen molar-refractivity contribution in [3.8, 4) is 5.75 Å². The molecule has 1 amide bonds. The van der Waals surface area contributed by atoms with Crippen LogP contribution >= 0.6 is 34.8 Å². The molecule has 0 unspecified atom stereocenters. The number of carbonyl (C=O) groups is 2. The van der Waals surface area contributed by atoms with Crippen LogP contribution < -0.4 is 15.8 Å². The van der Waals surface area contributed by atoms with Crippen LogP contribution in [0.4, 0.5) is 11.5 Å². The van der Waals surface area contributed by atoms with Crippen LogP contribution in [0.2, 0.25) is 15.1 Å². The van der Waals surface area contributed by atoms with Gasteiger partial charge in [-0.15, -0.1) is 0 Å². The standard InChI is InChI=1S/C16H14Cl3N3O4/c1-7(15(23)22-14-11(19)3-8(17)6-21-14)26-16(24)9-4-10(18)12(20)5-13(9)25-2/h3-7H,20H2,1-2H3,(H,21,22,23)/t7-/m0/s1. The minimum absolute atomic E-state index is 0.0361. The van der Waals surface area contributed by atoms with Crippen LogP contribution in [0.15, 0.2) is 24.4 Å². The summed E-state index contributed by atoms with van der Waals surface area (Å²) in [5, 5.41) is 3.08. The van der Waals surface area contributed by atoms with Gasteiger partial charge in [0.2, 0.25) is 0 Å². The van der Waals surface area contributed by atoms with Crippen molar-refractivity contribution in [1.29, 1.82) is 0 Å². The molecule has 0 saturated carbocycles. The zero-order valence-corrected chi connectivity index (χ0v) is 15.9. The second-order valence-corrected chi connectivity index (χ2v) is 6.35. The maximum absolute atomic E-state index is 12.3. The lowest BCUT2D eigenvalue weighted by Gasteiger charge is -2.15. The Labute approximate surface area is 164 Å². The highest BCUT2D eigenvalue weighted by Gasteiger charge is 2.23. The second-order valence-electron chi connectivity index (χ2n) is 5.09. The minimum Gasteiger partial charge on any atom is -0.496 e. The van der Waals surface area contributed by atoms with Crippen molar-refractivity contribution in [1.82, 2.24) is 4.98 Å². The molecule has 2 rings (SSSR count). The fraction of sp³-hybridized carbons (Fsp3) is 0.188. The van der Waals surface area contributed by atoms with E-state index in [9.17, 15) is 9.59 Å². The Morgan fingerprint density at radius 3 is 2.50 bits per heavy atom. The summed E-state index contributed by atoms with van der Waals surface area (Å²) < 4.78 is 10.2. The third-order valence-corrected chi connectivity index (χ3v) is 4.06. The van der Waals surface area contributed by atoms with Crippen LogP contribution in [0.1, 0.15) is 17.3 Å². The van der Waals surface area contributed by atoms with Gasteiger partial charge in [-0.05, 0) is 19.1 Å². The van der Waals surface area contributed by atoms with Crippen molar-refractivity contribution < 1.29 is 19.1 Å². The van der Waals surface area contributed by atoms with Crippen molar-refractivity contribution in [3.05, 3.63) is 45.0 Å². The molecule has 0 aliphatic rings. The van der Waals surface area contributed by atoms with Gasteiger partial charge in [0, 0.05) is 12.3 Å². The molecule has 3 N–H and O–H groups in total. The molecule has 2 aromatic rings. The van der Waals surface area contributed by atoms with Crippen LogP contribution in [-0.4, -0.2) is 30.1 Å². The number of aromatic nitrogens is 1. The number of hydrogen-bond acceptors (Lipinski definition) is 6. The topological polar surface area (TPSA) is 104 Å². The Kier molecular flexibility index (Phi) is 6.52. The van der Waals surface area contributed by atoms with E-state index < -0.39 is 18.0 Å². The number of halogens is 3. The Hall–Kier alpha value is -2.22. The zero-order valence-electron chi connectivity index (χ0n) is 13.7. The first kappa shape index (κ1) is 20.1. The van der Waals surface area contributed by atoms with Gasteiger partial charge in [-0.2, -0.15) is 0 Å². The number of amides is 1. The number of anilines is 2. The van der Waals surface area contributed by atoms with E-state index in [0.717, 1.165) is 0 Å². The molecular formula is C16H14Cl3N3O4. The monoisotopic (exact) mass is 417 g/mol. The number of rotatable bonds is 5. The Bertz CT molecular complexity index is 861. The van der Waals surface area contributed by atoms with Gasteiger partial charge in [-0.1, -0.05) is 34.8 Å². The van der Waals surface area contributed by atoms with Crippen LogP contribution in [0.5, 0.6) is 5.75 Å². The molecule has 1 heterocycles. The molecule has 0 spiro atoms. The number of benzene rings is 1. The average molecular weight is 419 g/mol. The quantitative estimate of drug-likeness (QED) is 0.565. The maximum Gasteiger partial charge on any atom is 0.342 e. The number of nitrogens with two attached hydrogens (primary N) is 1. The van der Waals surface area contributed by atoms with Crippen molar-refractivity contribution in [2.45, 2.75) is 13.0 Å². The highest BCUT2D eigenvalue weighted by molar-refractivity contribution is 6.36. The molecule has 0 bridgehead atoms. The first-order valence-electron chi connectivity index (χ1n) is 7.18. The summed E-state index contributed by atoms with van der Waals surface area (Å²) in [5.74, 6) is -1.17. The molecular weight excluding hydrogens is 405 g/mol. The van der Waals surface area contributed by atoms with Crippen LogP contribution in [0.3, 0.4) is 0 Å². The fourth-order valence-corrected chi connectivity index (χ4v) is 2.49. The highest BCUT2D eigenvalue weighted by atomic mass is 35.5. The molecule has 138 valence electrons. The van der Waals surface area contributed by atoms with Gasteiger partial charge in [0.25, 0.3) is 5.91 Å². The van der Waals surface area contributed by atoms with E-state index in [-0.39, 0.29) is 32.9 Å². The molecule has 0 aliphatic carbocycles. The predicted molar refractivity (Wildman–Crippen MR) is 100 cm³/mol. The normalized spacial score (nSPS) is 11.6. The smallest absolute Gasteiger partial charge is 0.342 e. The largest absolute Gasteiger partial charge is 0.496 e. The van der Waals surface area contributed by atoms with Crippen LogP contribution in [-0.2, 0) is 9.53 Å². The zero-order chi connectivity index (χ0) is 19.4. The van der Waals surface area contributed by atoms with Crippen molar-refractivity contribution in [2.24, 2.45) is 0 Å². The molecule has 1 aromatic heterocycles. The molecule has 1 atom stereocenters. The number of carbonyl (C=O) groups excluding carboxylic acids is 2. The van der Waals surface area contributed by atoms with E-state index in [0.29, 0.717) is 5.02 Å². The molecule has 0 saturated heterocycles. The van der Waals surface area contributed by atoms with Crippen molar-refractivity contribution in [3.63, 3.8) is 0 Å². The second kappa shape index (κ2) is 8.44.